The maximum atomic E-state index is 15.3. The van der Waals surface area contributed by atoms with E-state index in [1.807, 2.05) is 26.0 Å². The van der Waals surface area contributed by atoms with E-state index in [0.717, 1.165) is 42.4 Å². The first-order valence-electron chi connectivity index (χ1n) is 36.2. The van der Waals surface area contributed by atoms with Crippen LogP contribution >= 0.6 is 11.6 Å². The van der Waals surface area contributed by atoms with Gasteiger partial charge in [-0.3, -0.25) is 33.6 Å². The number of nitrogens with one attached hydrogen (secondary N) is 5. The lowest BCUT2D eigenvalue weighted by Crippen LogP contribution is -2.60. The van der Waals surface area contributed by atoms with Crippen LogP contribution in [0.25, 0.3) is 10.8 Å². The lowest BCUT2D eigenvalue weighted by Gasteiger charge is -2.36. The predicted octanol–water partition coefficient (Wildman–Crippen LogP) is 8.18. The largest absolute Gasteiger partial charge is 0.494 e. The van der Waals surface area contributed by atoms with Gasteiger partial charge in [-0.25, -0.2) is 32.6 Å². The lowest BCUT2D eigenvalue weighted by molar-refractivity contribution is -0.145. The Hall–Kier alpha value is -7.99. The van der Waals surface area contributed by atoms with E-state index in [4.69, 9.17) is 39.5 Å². The molecule has 2 saturated heterocycles. The molecule has 12 atom stereocenters. The van der Waals surface area contributed by atoms with Crippen LogP contribution in [0.2, 0.25) is 5.02 Å². The predicted molar refractivity (Wildman–Crippen MR) is 385 cm³/mol. The number of pyridine rings is 1. The number of halogens is 1. The van der Waals surface area contributed by atoms with Gasteiger partial charge >= 0.3 is 34.4 Å². The van der Waals surface area contributed by atoms with Crippen molar-refractivity contribution >= 4 is 96.3 Å². The molecular weight excluding hydrogens is 1420 g/mol. The third-order valence-electron chi connectivity index (χ3n) is 22.2. The molecule has 4 aliphatic carbocycles. The number of hydrogen-bond acceptors (Lipinski definition) is 20. The van der Waals surface area contributed by atoms with Crippen molar-refractivity contribution in [3.8, 4) is 11.6 Å². The summed E-state index contributed by atoms with van der Waals surface area (Å²) in [4.78, 5) is 139. The number of aryl methyl sites for hydroxylation is 1. The smallest absolute Gasteiger partial charge is 0.410 e. The third kappa shape index (κ3) is 16.6. The first-order valence-corrected chi connectivity index (χ1v) is 39.6. The zero-order valence-electron chi connectivity index (χ0n) is 62.1. The maximum absolute atomic E-state index is 15.3. The number of amides is 8. The number of sulfonamides is 1. The lowest BCUT2D eigenvalue weighted by atomic mass is 9.85. The molecule has 11 rings (SSSR count). The molecule has 3 unspecified atom stereocenters. The van der Waals surface area contributed by atoms with Gasteiger partial charge in [0.05, 0.1) is 38.3 Å². The van der Waals surface area contributed by atoms with Crippen LogP contribution in [0, 0.1) is 33.5 Å². The number of fused-ring (bicyclic) bond motifs is 4. The fourth-order valence-electron chi connectivity index (χ4n) is 15.4. The molecule has 5 heterocycles. The summed E-state index contributed by atoms with van der Waals surface area (Å²) in [6.07, 6.45) is 2.14. The molecule has 3 aromatic rings. The molecule has 105 heavy (non-hydrogen) atoms. The minimum atomic E-state index is -4.74. The Balaban J connectivity index is 0.761. The number of rotatable bonds is 20. The number of likely N-dealkylation sites (tertiary alicyclic amines) is 1. The highest BCUT2D eigenvalue weighted by Crippen LogP contribution is 2.58. The normalized spacial score (nSPS) is 28.7. The van der Waals surface area contributed by atoms with Gasteiger partial charge in [0.2, 0.25) is 39.5 Å². The van der Waals surface area contributed by atoms with Gasteiger partial charge in [-0.1, -0.05) is 118 Å². The summed E-state index contributed by atoms with van der Waals surface area (Å²) in [7, 11) is -7.34. The Morgan fingerprint density at radius 2 is 1.59 bits per heavy atom. The van der Waals surface area contributed by atoms with Gasteiger partial charge in [-0.15, -0.1) is 6.58 Å². The van der Waals surface area contributed by atoms with Crippen LogP contribution in [0.3, 0.4) is 0 Å². The average Bonchev–Trinajstić information content (AvgIpc) is 1.59. The van der Waals surface area contributed by atoms with Crippen LogP contribution in [-0.2, 0) is 86.8 Å². The third-order valence-corrected chi connectivity index (χ3v) is 25.9. The van der Waals surface area contributed by atoms with E-state index in [1.54, 1.807) is 78.5 Å². The van der Waals surface area contributed by atoms with Crippen molar-refractivity contribution in [1.82, 2.24) is 45.7 Å². The molecule has 574 valence electrons. The van der Waals surface area contributed by atoms with Crippen LogP contribution in [0.1, 0.15) is 177 Å². The topological polar surface area (TPSA) is 360 Å². The van der Waals surface area contributed by atoms with E-state index < -0.39 is 171 Å². The standard InChI is InChI=1S/C74H100ClN9O19S2/c1-15-44-33-73(44,79-58(85)52-31-47-37-84(52)61(87)56(68(3,4)5)77-65(91)99-40-70(9,10)27-18-17-20-41-21-19-22-42-35-82(38-51(41)42)67(93)101-47)64(90)103-105(96,97)55-28-43(55)32-71(11,12)102-66(92)78-57(69(6,7)8)62(88)83-36-46(100-60-50-29-45(75)23-26-49(50)54(98-14)34-76-60)30-53(83)59(86)80-74(39-72(74,13)16-2)63(89)81-104(94,95)48-24-25-48/h16,19,21-23,26,29,34,43-44,46-48,52-53,55-57H,2,15,17-18,20,24-25,27-28,30-33,35-40H2,1,3-14H3,(H,77,91)(H,78,92)(H,79,85)(H,80,86)(H,81,89)/t43?,44?,46-,47-,52+,53+,55?,56-,57-,72-,73-,74+/m1/s1. The molecule has 2 aromatic carbocycles. The van der Waals surface area contributed by atoms with Gasteiger partial charge in [0.15, 0.2) is 0 Å². The summed E-state index contributed by atoms with van der Waals surface area (Å²) in [6, 6.07) is 5.55. The SMILES string of the molecule is C=C[C@]1(C)C[C@]1(NC(=O)[C@@H]1C[C@@H](Oc2ncc(OC)c3ccc(Cl)cc23)CN1C(=O)[C@@H](NC(=O)OC(C)(C)CC1CC1S(=O)(=O)OC(=O)[C@@]1(NC(=O)[C@@H]2C[C@@H]3CN2C(=O)[C@H](C(C)(C)C)NC(=O)OCC(C)(C)CCCCc2cccc4c2CN(C4)C(=O)O3)CC1CC)C(C)(C)C)C(=O)NS(=O)(=O)C1CC1. The van der Waals surface area contributed by atoms with E-state index in [9.17, 15) is 55.2 Å². The summed E-state index contributed by atoms with van der Waals surface area (Å²) in [6.45, 7) is 24.7. The van der Waals surface area contributed by atoms with Crippen molar-refractivity contribution in [2.75, 3.05) is 26.8 Å². The molecule has 4 aliphatic heterocycles. The fraction of sp³-hybridized carbons (Fsp3) is 0.649. The van der Waals surface area contributed by atoms with Gasteiger partial charge < -0.3 is 58.9 Å². The van der Waals surface area contributed by atoms with Crippen LogP contribution in [-0.4, -0.2) is 181 Å². The minimum absolute atomic E-state index is 0.00577. The van der Waals surface area contributed by atoms with Crippen molar-refractivity contribution in [3.63, 3.8) is 0 Å². The molecule has 8 aliphatic rings. The van der Waals surface area contributed by atoms with E-state index >= 15 is 4.79 Å². The second kappa shape index (κ2) is 28.6. The summed E-state index contributed by atoms with van der Waals surface area (Å²) in [5.41, 5.74) is -5.48. The van der Waals surface area contributed by atoms with Crippen LogP contribution < -0.4 is 35.5 Å². The number of methoxy groups -OCH3 is 1. The van der Waals surface area contributed by atoms with Crippen molar-refractivity contribution in [2.45, 2.75) is 243 Å². The van der Waals surface area contributed by atoms with E-state index in [1.165, 1.54) is 43.0 Å². The molecule has 0 spiro atoms. The number of carbonyl (C=O) groups is 9. The zero-order valence-corrected chi connectivity index (χ0v) is 64.5. The Bertz CT molecular complexity index is 4250. The van der Waals surface area contributed by atoms with Gasteiger partial charge in [-0.05, 0) is 135 Å². The summed E-state index contributed by atoms with van der Waals surface area (Å²) >= 11 is 6.45. The van der Waals surface area contributed by atoms with E-state index in [0.29, 0.717) is 53.9 Å². The number of carbonyl (C=O) groups excluding carboxylic acids is 9. The quantitative estimate of drug-likeness (QED) is 0.0404. The Labute approximate surface area is 618 Å². The highest BCUT2D eigenvalue weighted by molar-refractivity contribution is 7.91. The molecule has 4 saturated carbocycles. The van der Waals surface area contributed by atoms with Crippen LogP contribution in [0.15, 0.2) is 55.3 Å². The van der Waals surface area contributed by atoms with Crippen molar-refractivity contribution in [2.24, 2.45) is 33.5 Å². The molecule has 0 radical (unpaired) electrons. The number of hydrogen-bond donors (Lipinski definition) is 5. The Kier molecular flexibility index (Phi) is 21.3. The first-order chi connectivity index (χ1) is 49.0. The molecule has 6 fully saturated rings. The number of benzene rings is 2. The second-order valence-corrected chi connectivity index (χ2v) is 37.8. The second-order valence-electron chi connectivity index (χ2n) is 33.7. The monoisotopic (exact) mass is 1520 g/mol. The van der Waals surface area contributed by atoms with Gasteiger partial charge in [0.1, 0.15) is 64.1 Å². The first kappa shape index (κ1) is 78.1. The molecule has 8 amide bonds. The summed E-state index contributed by atoms with van der Waals surface area (Å²) in [5, 5.41) is 10.4. The molecule has 5 N–H and O–H groups in total. The Morgan fingerprint density at radius 3 is 2.24 bits per heavy atom. The van der Waals surface area contributed by atoms with Crippen molar-refractivity contribution < 1.29 is 87.9 Å². The molecular formula is C74H100ClN9O19S2. The molecule has 1 aromatic heterocycles. The Morgan fingerprint density at radius 1 is 0.886 bits per heavy atom. The minimum Gasteiger partial charge on any atom is -0.494 e. The van der Waals surface area contributed by atoms with Gasteiger partial charge in [0.25, 0.3) is 5.91 Å². The van der Waals surface area contributed by atoms with Gasteiger partial charge in [0, 0.05) is 47.1 Å². The number of cyclic esters (lactones) is 1. The number of aromatic nitrogens is 1. The van der Waals surface area contributed by atoms with Crippen LogP contribution in [0.4, 0.5) is 14.4 Å². The van der Waals surface area contributed by atoms with E-state index in [2.05, 4.69) is 43.6 Å². The summed E-state index contributed by atoms with van der Waals surface area (Å²) < 4.78 is 92.2. The average molecular weight is 1520 g/mol. The molecule has 31 heteroatoms. The van der Waals surface area contributed by atoms with E-state index in [-0.39, 0.29) is 64.1 Å². The van der Waals surface area contributed by atoms with Gasteiger partial charge in [-0.2, -0.15) is 8.42 Å². The highest BCUT2D eigenvalue weighted by atomic mass is 35.5. The number of nitrogens with zero attached hydrogens (tertiary/aromatic N) is 4. The van der Waals surface area contributed by atoms with Crippen LogP contribution in [0.5, 0.6) is 11.6 Å². The maximum Gasteiger partial charge on any atom is 0.410 e. The fourth-order valence-corrected chi connectivity index (χ4v) is 18.5. The summed E-state index contributed by atoms with van der Waals surface area (Å²) in [5.74, 6) is -6.10. The highest BCUT2D eigenvalue weighted by Gasteiger charge is 2.70. The number of alkyl carbamates (subject to hydrolysis) is 2. The van der Waals surface area contributed by atoms with Crippen molar-refractivity contribution in [3.05, 3.63) is 77.0 Å². The number of ether oxygens (including phenoxy) is 5. The van der Waals surface area contributed by atoms with Crippen molar-refractivity contribution in [1.29, 1.82) is 0 Å². The molecule has 28 nitrogen and oxygen atoms in total. The zero-order chi connectivity index (χ0) is 76.7. The molecule has 4 bridgehead atoms.